The molecule has 0 unspecified atom stereocenters. The fourth-order valence-corrected chi connectivity index (χ4v) is 2.63. The second-order valence-electron chi connectivity index (χ2n) is 5.40. The molecule has 25 heavy (non-hydrogen) atoms. The van der Waals surface area contributed by atoms with Crippen LogP contribution >= 0.6 is 15.9 Å². The van der Waals surface area contributed by atoms with E-state index in [9.17, 15) is 9.90 Å². The Hall–Kier alpha value is -2.18. The van der Waals surface area contributed by atoms with Gasteiger partial charge in [0.1, 0.15) is 5.75 Å². The number of hydrazone groups is 1. The van der Waals surface area contributed by atoms with Gasteiger partial charge in [-0.2, -0.15) is 5.10 Å². The number of hydrogen-bond donors (Lipinski definition) is 2. The molecule has 2 aromatic carbocycles. The van der Waals surface area contributed by atoms with E-state index in [2.05, 4.69) is 26.5 Å². The van der Waals surface area contributed by atoms with Crippen molar-refractivity contribution in [2.45, 2.75) is 25.9 Å². The Morgan fingerprint density at radius 3 is 2.76 bits per heavy atom. The van der Waals surface area contributed by atoms with Crippen molar-refractivity contribution in [2.75, 3.05) is 6.61 Å². The van der Waals surface area contributed by atoms with Crippen LogP contribution in [-0.2, 0) is 4.79 Å². The smallest absolute Gasteiger partial charge is 0.240 e. The Morgan fingerprint density at radius 2 is 2.08 bits per heavy atom. The first kappa shape index (κ1) is 19.1. The lowest BCUT2D eigenvalue weighted by Crippen LogP contribution is -2.18. The highest BCUT2D eigenvalue weighted by atomic mass is 79.9. The first-order chi connectivity index (χ1) is 12.1. The summed E-state index contributed by atoms with van der Waals surface area (Å²) in [5, 5.41) is 14.1. The van der Waals surface area contributed by atoms with Crippen LogP contribution in [0.4, 0.5) is 0 Å². The summed E-state index contributed by atoms with van der Waals surface area (Å²) in [4.78, 5) is 11.8. The largest absolute Gasteiger partial charge is 0.494 e. The van der Waals surface area contributed by atoms with Gasteiger partial charge in [0.15, 0.2) is 0 Å². The van der Waals surface area contributed by atoms with Crippen molar-refractivity contribution < 1.29 is 14.6 Å². The summed E-state index contributed by atoms with van der Waals surface area (Å²) < 4.78 is 6.31. The fourth-order valence-electron chi connectivity index (χ4n) is 2.21. The summed E-state index contributed by atoms with van der Waals surface area (Å²) in [7, 11) is 0. The molecule has 6 heteroatoms. The summed E-state index contributed by atoms with van der Waals surface area (Å²) in [5.41, 5.74) is 4.10. The minimum absolute atomic E-state index is 0.185. The zero-order valence-electron chi connectivity index (χ0n) is 14.0. The van der Waals surface area contributed by atoms with Gasteiger partial charge in [0.25, 0.3) is 0 Å². The number of nitrogens with one attached hydrogen (secondary N) is 1. The van der Waals surface area contributed by atoms with E-state index in [1.54, 1.807) is 18.3 Å². The summed E-state index contributed by atoms with van der Waals surface area (Å²) in [5.74, 6) is 0.523. The molecule has 2 rings (SSSR count). The van der Waals surface area contributed by atoms with Gasteiger partial charge in [0.05, 0.1) is 18.9 Å². The molecule has 1 atom stereocenters. The van der Waals surface area contributed by atoms with Crippen LogP contribution in [-0.4, -0.2) is 23.8 Å². The Labute approximate surface area is 155 Å². The third-order valence-corrected chi connectivity index (χ3v) is 3.97. The Balaban J connectivity index is 1.77. The highest BCUT2D eigenvalue weighted by Gasteiger charge is 2.10. The van der Waals surface area contributed by atoms with Crippen molar-refractivity contribution in [3.8, 4) is 5.75 Å². The number of nitrogens with zero attached hydrogens (tertiary/aromatic N) is 1. The molecule has 0 aromatic heterocycles. The molecule has 0 saturated heterocycles. The second-order valence-corrected chi connectivity index (χ2v) is 6.32. The molecule has 2 aromatic rings. The number of ether oxygens (including phenoxy) is 1. The first-order valence-electron chi connectivity index (χ1n) is 8.06. The molecule has 1 amide bonds. The molecular formula is C19H21BrN2O3. The fraction of sp³-hybridized carbons (Fsp3) is 0.263. The van der Waals surface area contributed by atoms with Crippen LogP contribution in [0.2, 0.25) is 0 Å². The van der Waals surface area contributed by atoms with Crippen LogP contribution in [0.15, 0.2) is 58.1 Å². The number of carbonyl (C=O) groups excluding carboxylic acids is 1. The predicted octanol–water partition coefficient (Wildman–Crippen LogP) is 3.81. The van der Waals surface area contributed by atoms with Gasteiger partial charge in [0.2, 0.25) is 5.91 Å². The summed E-state index contributed by atoms with van der Waals surface area (Å²) in [6.07, 6.45) is 1.39. The van der Waals surface area contributed by atoms with Crippen LogP contribution in [0.1, 0.15) is 37.0 Å². The van der Waals surface area contributed by atoms with E-state index >= 15 is 0 Å². The lowest BCUT2D eigenvalue weighted by Gasteiger charge is -2.11. The zero-order chi connectivity index (χ0) is 18.1. The van der Waals surface area contributed by atoms with Crippen LogP contribution < -0.4 is 10.2 Å². The maximum Gasteiger partial charge on any atom is 0.240 e. The molecule has 0 heterocycles. The first-order valence-corrected chi connectivity index (χ1v) is 8.86. The molecule has 0 spiro atoms. The van der Waals surface area contributed by atoms with Crippen LogP contribution in [0.25, 0.3) is 0 Å². The topological polar surface area (TPSA) is 70.9 Å². The minimum Gasteiger partial charge on any atom is -0.494 e. The number of halogens is 1. The van der Waals surface area contributed by atoms with Gasteiger partial charge in [0, 0.05) is 10.9 Å². The van der Waals surface area contributed by atoms with Crippen molar-refractivity contribution in [1.29, 1.82) is 0 Å². The van der Waals surface area contributed by atoms with Gasteiger partial charge >= 0.3 is 0 Å². The van der Waals surface area contributed by atoms with Crippen LogP contribution in [0.3, 0.4) is 0 Å². The van der Waals surface area contributed by atoms with Crippen LogP contribution in [0.5, 0.6) is 5.75 Å². The normalized spacial score (nSPS) is 12.1. The van der Waals surface area contributed by atoms with Gasteiger partial charge in [-0.15, -0.1) is 0 Å². The SMILES string of the molecule is CCOc1ccc([C@H](O)CCC(=O)NN=Cc2cccc(Br)c2)cc1. The number of hydrogen-bond acceptors (Lipinski definition) is 4. The third-order valence-electron chi connectivity index (χ3n) is 3.47. The summed E-state index contributed by atoms with van der Waals surface area (Å²) in [6, 6.07) is 14.8. The van der Waals surface area contributed by atoms with Gasteiger partial charge in [-0.25, -0.2) is 5.43 Å². The average Bonchev–Trinajstić information content (AvgIpc) is 2.61. The Morgan fingerprint density at radius 1 is 1.32 bits per heavy atom. The van der Waals surface area contributed by atoms with Crippen molar-refractivity contribution >= 4 is 28.1 Å². The van der Waals surface area contributed by atoms with Crippen molar-refractivity contribution in [1.82, 2.24) is 5.43 Å². The van der Waals surface area contributed by atoms with Crippen molar-refractivity contribution in [3.05, 3.63) is 64.1 Å². The Bertz CT molecular complexity index is 717. The number of benzene rings is 2. The van der Waals surface area contributed by atoms with E-state index in [1.807, 2.05) is 43.3 Å². The lowest BCUT2D eigenvalue weighted by atomic mass is 10.0. The highest BCUT2D eigenvalue weighted by Crippen LogP contribution is 2.21. The molecule has 5 nitrogen and oxygen atoms in total. The van der Waals surface area contributed by atoms with E-state index in [4.69, 9.17) is 4.74 Å². The zero-order valence-corrected chi connectivity index (χ0v) is 15.6. The molecule has 0 aliphatic rings. The summed E-state index contributed by atoms with van der Waals surface area (Å²) in [6.45, 7) is 2.52. The quantitative estimate of drug-likeness (QED) is 0.518. The lowest BCUT2D eigenvalue weighted by molar-refractivity contribution is -0.121. The van der Waals surface area contributed by atoms with Gasteiger partial charge in [-0.1, -0.05) is 40.2 Å². The number of rotatable bonds is 8. The second kappa shape index (κ2) is 9.96. The molecule has 0 bridgehead atoms. The summed E-state index contributed by atoms with van der Waals surface area (Å²) >= 11 is 3.37. The molecule has 0 saturated carbocycles. The molecule has 132 valence electrons. The van der Waals surface area contributed by atoms with E-state index in [0.717, 1.165) is 21.3 Å². The number of carbonyl (C=O) groups is 1. The van der Waals surface area contributed by atoms with Crippen molar-refractivity contribution in [3.63, 3.8) is 0 Å². The van der Waals surface area contributed by atoms with E-state index in [0.29, 0.717) is 13.0 Å². The molecular weight excluding hydrogens is 384 g/mol. The van der Waals surface area contributed by atoms with Crippen molar-refractivity contribution in [2.24, 2.45) is 5.10 Å². The molecule has 0 aliphatic carbocycles. The molecule has 0 radical (unpaired) electrons. The Kier molecular flexibility index (Phi) is 7.63. The maximum absolute atomic E-state index is 11.8. The monoisotopic (exact) mass is 404 g/mol. The maximum atomic E-state index is 11.8. The number of aliphatic hydroxyl groups excluding tert-OH is 1. The van der Waals surface area contributed by atoms with Gasteiger partial charge in [-0.05, 0) is 48.7 Å². The molecule has 0 fully saturated rings. The average molecular weight is 405 g/mol. The van der Waals surface area contributed by atoms with Crippen LogP contribution in [0, 0.1) is 0 Å². The predicted molar refractivity (Wildman–Crippen MR) is 102 cm³/mol. The number of amides is 1. The third kappa shape index (κ3) is 6.68. The number of aliphatic hydroxyl groups is 1. The van der Waals surface area contributed by atoms with E-state index in [1.165, 1.54) is 0 Å². The van der Waals surface area contributed by atoms with E-state index < -0.39 is 6.10 Å². The standard InChI is InChI=1S/C19H21BrN2O3/c1-2-25-17-8-6-15(7-9-17)18(23)10-11-19(24)22-21-13-14-4-3-5-16(20)12-14/h3-9,12-13,18,23H,2,10-11H2,1H3,(H,22,24)/t18-/m1/s1. The van der Waals surface area contributed by atoms with E-state index in [-0.39, 0.29) is 12.3 Å². The molecule has 2 N–H and O–H groups in total. The minimum atomic E-state index is -0.699. The van der Waals surface area contributed by atoms with Gasteiger partial charge < -0.3 is 9.84 Å². The molecule has 0 aliphatic heterocycles. The van der Waals surface area contributed by atoms with Gasteiger partial charge in [-0.3, -0.25) is 4.79 Å². The highest BCUT2D eigenvalue weighted by molar-refractivity contribution is 9.10.